The van der Waals surface area contributed by atoms with Crippen LogP contribution < -0.4 is 15.8 Å². The number of rotatable bonds is 4. The van der Waals surface area contributed by atoms with Crippen molar-refractivity contribution in [1.29, 1.82) is 0 Å². The molecule has 0 aromatic heterocycles. The van der Waals surface area contributed by atoms with E-state index in [1.807, 2.05) is 48.5 Å². The van der Waals surface area contributed by atoms with Gasteiger partial charge in [0.1, 0.15) is 18.3 Å². The quantitative estimate of drug-likeness (QED) is 0.900. The Morgan fingerprint density at radius 2 is 1.86 bits per heavy atom. The van der Waals surface area contributed by atoms with Crippen LogP contribution in [0.15, 0.2) is 48.5 Å². The molecule has 3 rings (SSSR count). The second kappa shape index (κ2) is 5.97. The number of fused-ring (bicyclic) bond motifs is 1. The number of hydrogen-bond acceptors (Lipinski definition) is 3. The molecule has 21 heavy (non-hydrogen) atoms. The zero-order chi connectivity index (χ0) is 14.7. The number of amides is 1. The van der Waals surface area contributed by atoms with Crippen LogP contribution in [0.4, 0.5) is 0 Å². The van der Waals surface area contributed by atoms with Gasteiger partial charge in [0.05, 0.1) is 0 Å². The number of carbonyl (C=O) groups is 1. The monoisotopic (exact) mass is 282 g/mol. The third-order valence-electron chi connectivity index (χ3n) is 3.81. The lowest BCUT2D eigenvalue weighted by atomic mass is 10.0. The maximum atomic E-state index is 12.4. The van der Waals surface area contributed by atoms with E-state index in [0.717, 1.165) is 22.4 Å². The molecule has 4 nitrogen and oxygen atoms in total. The second-order valence-corrected chi connectivity index (χ2v) is 5.09. The van der Waals surface area contributed by atoms with Crippen molar-refractivity contribution in [2.24, 2.45) is 5.73 Å². The van der Waals surface area contributed by atoms with Crippen LogP contribution in [0, 0.1) is 0 Å². The van der Waals surface area contributed by atoms with Crippen LogP contribution in [0.1, 0.15) is 22.6 Å². The van der Waals surface area contributed by atoms with Crippen LogP contribution in [0.3, 0.4) is 0 Å². The molecule has 1 aliphatic heterocycles. The summed E-state index contributed by atoms with van der Waals surface area (Å²) in [5, 5.41) is 2.98. The number of carbonyl (C=O) groups excluding carboxylic acids is 1. The SMILES string of the molecule is NCc1ccccc1CNC(=O)C1COc2ccccc21. The maximum Gasteiger partial charge on any atom is 0.231 e. The predicted octanol–water partition coefficient (Wildman–Crippen LogP) is 1.94. The standard InChI is InChI=1S/C17H18N2O2/c18-9-12-5-1-2-6-13(12)10-19-17(20)15-11-21-16-8-4-3-7-14(15)16/h1-8,15H,9-11,18H2,(H,19,20). The molecule has 0 radical (unpaired) electrons. The molecule has 0 aliphatic carbocycles. The molecule has 3 N–H and O–H groups in total. The van der Waals surface area contributed by atoms with E-state index in [1.54, 1.807) is 0 Å². The zero-order valence-electron chi connectivity index (χ0n) is 11.7. The van der Waals surface area contributed by atoms with Gasteiger partial charge in [-0.2, -0.15) is 0 Å². The minimum atomic E-state index is -0.230. The van der Waals surface area contributed by atoms with Gasteiger partial charge in [-0.15, -0.1) is 0 Å². The van der Waals surface area contributed by atoms with E-state index < -0.39 is 0 Å². The molecule has 0 fully saturated rings. The van der Waals surface area contributed by atoms with Gasteiger partial charge in [0.15, 0.2) is 0 Å². The van der Waals surface area contributed by atoms with Gasteiger partial charge in [-0.3, -0.25) is 4.79 Å². The van der Waals surface area contributed by atoms with Crippen molar-refractivity contribution in [3.63, 3.8) is 0 Å². The van der Waals surface area contributed by atoms with Crippen LogP contribution in [-0.4, -0.2) is 12.5 Å². The van der Waals surface area contributed by atoms with E-state index in [4.69, 9.17) is 10.5 Å². The van der Waals surface area contributed by atoms with Crippen molar-refractivity contribution in [3.05, 3.63) is 65.2 Å². The summed E-state index contributed by atoms with van der Waals surface area (Å²) in [6.07, 6.45) is 0. The Kier molecular flexibility index (Phi) is 3.88. The molecule has 2 aromatic rings. The highest BCUT2D eigenvalue weighted by Crippen LogP contribution is 2.33. The average Bonchev–Trinajstić information content (AvgIpc) is 2.97. The smallest absolute Gasteiger partial charge is 0.231 e. The summed E-state index contributed by atoms with van der Waals surface area (Å²) in [5.41, 5.74) is 8.78. The number of nitrogens with two attached hydrogens (primary N) is 1. The third-order valence-corrected chi connectivity index (χ3v) is 3.81. The summed E-state index contributed by atoms with van der Waals surface area (Å²) in [4.78, 5) is 12.4. The lowest BCUT2D eigenvalue weighted by Crippen LogP contribution is -2.30. The Morgan fingerprint density at radius 1 is 1.14 bits per heavy atom. The fourth-order valence-electron chi connectivity index (χ4n) is 2.61. The lowest BCUT2D eigenvalue weighted by molar-refractivity contribution is -0.122. The van der Waals surface area contributed by atoms with E-state index in [-0.39, 0.29) is 11.8 Å². The van der Waals surface area contributed by atoms with Gasteiger partial charge in [-0.25, -0.2) is 0 Å². The van der Waals surface area contributed by atoms with Crippen molar-refractivity contribution in [2.75, 3.05) is 6.61 Å². The molecular formula is C17H18N2O2. The molecule has 1 unspecified atom stereocenters. The summed E-state index contributed by atoms with van der Waals surface area (Å²) >= 11 is 0. The van der Waals surface area contributed by atoms with Crippen molar-refractivity contribution < 1.29 is 9.53 Å². The van der Waals surface area contributed by atoms with Gasteiger partial charge in [-0.05, 0) is 17.2 Å². The topological polar surface area (TPSA) is 64.3 Å². The number of benzene rings is 2. The first kappa shape index (κ1) is 13.6. The molecule has 108 valence electrons. The van der Waals surface area contributed by atoms with Crippen LogP contribution in [-0.2, 0) is 17.9 Å². The van der Waals surface area contributed by atoms with Crippen molar-refractivity contribution in [2.45, 2.75) is 19.0 Å². The van der Waals surface area contributed by atoms with Gasteiger partial charge in [0, 0.05) is 18.7 Å². The van der Waals surface area contributed by atoms with E-state index in [2.05, 4.69) is 5.32 Å². The normalized spacial score (nSPS) is 16.1. The minimum absolute atomic E-state index is 0.00762. The van der Waals surface area contributed by atoms with Crippen molar-refractivity contribution >= 4 is 5.91 Å². The largest absolute Gasteiger partial charge is 0.492 e. The van der Waals surface area contributed by atoms with Gasteiger partial charge in [0.25, 0.3) is 0 Å². The highest BCUT2D eigenvalue weighted by Gasteiger charge is 2.29. The second-order valence-electron chi connectivity index (χ2n) is 5.09. The predicted molar refractivity (Wildman–Crippen MR) is 80.9 cm³/mol. The van der Waals surface area contributed by atoms with Crippen LogP contribution >= 0.6 is 0 Å². The van der Waals surface area contributed by atoms with Gasteiger partial charge < -0.3 is 15.8 Å². The number of ether oxygens (including phenoxy) is 1. The fraction of sp³-hybridized carbons (Fsp3) is 0.235. The molecule has 0 spiro atoms. The van der Waals surface area contributed by atoms with Crippen LogP contribution in [0.5, 0.6) is 5.75 Å². The van der Waals surface area contributed by atoms with E-state index in [1.165, 1.54) is 0 Å². The Bertz CT molecular complexity index is 655. The molecule has 1 atom stereocenters. The third kappa shape index (κ3) is 2.76. The molecule has 2 aromatic carbocycles. The molecule has 1 amide bonds. The molecule has 1 aliphatic rings. The summed E-state index contributed by atoms with van der Waals surface area (Å²) in [6, 6.07) is 15.6. The Labute approximate surface area is 123 Å². The highest BCUT2D eigenvalue weighted by atomic mass is 16.5. The molecule has 0 saturated heterocycles. The first-order chi connectivity index (χ1) is 10.3. The zero-order valence-corrected chi connectivity index (χ0v) is 11.7. The number of para-hydroxylation sites is 1. The molecule has 4 heteroatoms. The molecule has 0 saturated carbocycles. The average molecular weight is 282 g/mol. The summed E-state index contributed by atoms with van der Waals surface area (Å²) in [5.74, 6) is 0.568. The van der Waals surface area contributed by atoms with Crippen molar-refractivity contribution in [3.8, 4) is 5.75 Å². The Hall–Kier alpha value is -2.33. The summed E-state index contributed by atoms with van der Waals surface area (Å²) < 4.78 is 5.55. The Balaban J connectivity index is 1.68. The fourth-order valence-corrected chi connectivity index (χ4v) is 2.61. The van der Waals surface area contributed by atoms with E-state index in [9.17, 15) is 4.79 Å². The van der Waals surface area contributed by atoms with E-state index in [0.29, 0.717) is 19.7 Å². The van der Waals surface area contributed by atoms with Gasteiger partial charge >= 0.3 is 0 Å². The molecule has 0 bridgehead atoms. The molecular weight excluding hydrogens is 264 g/mol. The summed E-state index contributed by atoms with van der Waals surface area (Å²) in [6.45, 7) is 1.37. The minimum Gasteiger partial charge on any atom is -0.492 e. The Morgan fingerprint density at radius 3 is 2.67 bits per heavy atom. The van der Waals surface area contributed by atoms with E-state index >= 15 is 0 Å². The first-order valence-electron chi connectivity index (χ1n) is 7.06. The van der Waals surface area contributed by atoms with Gasteiger partial charge in [-0.1, -0.05) is 42.5 Å². The lowest BCUT2D eigenvalue weighted by Gasteiger charge is -2.12. The summed E-state index contributed by atoms with van der Waals surface area (Å²) in [7, 11) is 0. The van der Waals surface area contributed by atoms with Gasteiger partial charge in [0.2, 0.25) is 5.91 Å². The first-order valence-corrected chi connectivity index (χ1v) is 7.06. The maximum absolute atomic E-state index is 12.4. The number of nitrogens with one attached hydrogen (secondary N) is 1. The number of hydrogen-bond donors (Lipinski definition) is 2. The van der Waals surface area contributed by atoms with Crippen LogP contribution in [0.2, 0.25) is 0 Å². The molecule has 1 heterocycles. The van der Waals surface area contributed by atoms with Crippen LogP contribution in [0.25, 0.3) is 0 Å². The highest BCUT2D eigenvalue weighted by molar-refractivity contribution is 5.85. The van der Waals surface area contributed by atoms with Crippen molar-refractivity contribution in [1.82, 2.24) is 5.32 Å².